The van der Waals surface area contributed by atoms with Crippen LogP contribution in [0.5, 0.6) is 5.75 Å². The van der Waals surface area contributed by atoms with Crippen LogP contribution in [0.25, 0.3) is 0 Å². The smallest absolute Gasteiger partial charge is 0.312 e. The lowest BCUT2D eigenvalue weighted by atomic mass is 10.2. The Morgan fingerprint density at radius 3 is 1.92 bits per heavy atom. The Hall–Kier alpha value is -2.47. The van der Waals surface area contributed by atoms with Gasteiger partial charge in [-0.3, -0.25) is 19.3 Å². The van der Waals surface area contributed by atoms with E-state index < -0.39 is 70.8 Å². The fraction of sp³-hybridized carbons (Fsp3) is 0.214. The monoisotopic (exact) mass is 397 g/mol. The number of carbonyl (C=O) groups is 3. The van der Waals surface area contributed by atoms with Crippen LogP contribution in [0.1, 0.15) is 6.42 Å². The van der Waals surface area contributed by atoms with E-state index in [4.69, 9.17) is 4.55 Å². The summed E-state index contributed by atoms with van der Waals surface area (Å²) in [6.45, 7) is -0.446. The average molecular weight is 397 g/mol. The van der Waals surface area contributed by atoms with Gasteiger partial charge in [0.25, 0.3) is 11.8 Å². The van der Waals surface area contributed by atoms with Gasteiger partial charge in [-0.1, -0.05) is 0 Å². The van der Waals surface area contributed by atoms with E-state index in [9.17, 15) is 36.3 Å². The van der Waals surface area contributed by atoms with Gasteiger partial charge in [0.05, 0.1) is 11.7 Å². The quantitative estimate of drug-likeness (QED) is 0.151. The zero-order valence-corrected chi connectivity index (χ0v) is 13.3. The highest BCUT2D eigenvalue weighted by atomic mass is 32.2. The summed E-state index contributed by atoms with van der Waals surface area (Å²) in [5, 5.41) is -1.16. The van der Waals surface area contributed by atoms with Gasteiger partial charge in [-0.15, -0.1) is 0 Å². The van der Waals surface area contributed by atoms with Crippen molar-refractivity contribution in [3.8, 4) is 5.75 Å². The number of nitrogens with zero attached hydrogens (tertiary/aromatic N) is 1. The van der Waals surface area contributed by atoms with Crippen molar-refractivity contribution >= 4 is 29.8 Å². The summed E-state index contributed by atoms with van der Waals surface area (Å²) in [7, 11) is 0. The van der Waals surface area contributed by atoms with E-state index >= 15 is 0 Å². The summed E-state index contributed by atoms with van der Waals surface area (Å²) in [4.78, 5) is 35.2. The summed E-state index contributed by atoms with van der Waals surface area (Å²) in [6, 6.07) is 0. The molecule has 2 amide bonds. The fourth-order valence-electron chi connectivity index (χ4n) is 1.97. The van der Waals surface area contributed by atoms with Crippen LogP contribution in [0, 0.1) is 29.1 Å². The average Bonchev–Trinajstić information content (AvgIpc) is 2.93. The second-order valence-electron chi connectivity index (χ2n) is 4.93. The molecule has 1 aromatic carbocycles. The van der Waals surface area contributed by atoms with Gasteiger partial charge in [-0.2, -0.15) is 8.78 Å². The van der Waals surface area contributed by atoms with Gasteiger partial charge in [0.2, 0.25) is 34.8 Å². The normalized spacial score (nSPS) is 14.9. The molecule has 0 aromatic heterocycles. The standard InChI is InChI=1S/C14H8F5NO5S/c15-9-10(16)12(18)14(13(19)11(9)17)25-8(23)3-5(26-24)4-20-6(21)1-2-7(20)22/h1-2,5,24H,3-4H2. The van der Waals surface area contributed by atoms with Crippen LogP contribution in [-0.4, -0.2) is 39.0 Å². The maximum Gasteiger partial charge on any atom is 0.312 e. The van der Waals surface area contributed by atoms with E-state index in [0.717, 1.165) is 12.2 Å². The van der Waals surface area contributed by atoms with E-state index in [-0.39, 0.29) is 12.0 Å². The number of hydrogen-bond donors (Lipinski definition) is 1. The van der Waals surface area contributed by atoms with Crippen molar-refractivity contribution in [3.05, 3.63) is 41.2 Å². The molecule has 140 valence electrons. The Balaban J connectivity index is 2.10. The predicted octanol–water partition coefficient (Wildman–Crippen LogP) is 2.18. The zero-order valence-electron chi connectivity index (χ0n) is 12.5. The molecule has 1 aliphatic heterocycles. The number of rotatable bonds is 6. The second-order valence-corrected chi connectivity index (χ2v) is 5.80. The van der Waals surface area contributed by atoms with Crippen LogP contribution in [0.3, 0.4) is 0 Å². The molecular weight excluding hydrogens is 389 g/mol. The van der Waals surface area contributed by atoms with E-state index in [0.29, 0.717) is 4.90 Å². The molecule has 0 radical (unpaired) electrons. The Kier molecular flexibility index (Phi) is 5.97. The Morgan fingerprint density at radius 2 is 1.46 bits per heavy atom. The molecule has 1 unspecified atom stereocenters. The van der Waals surface area contributed by atoms with Crippen molar-refractivity contribution in [2.24, 2.45) is 0 Å². The topological polar surface area (TPSA) is 83.9 Å². The van der Waals surface area contributed by atoms with Crippen molar-refractivity contribution in [2.75, 3.05) is 6.54 Å². The van der Waals surface area contributed by atoms with Crippen LogP contribution in [0.15, 0.2) is 12.2 Å². The summed E-state index contributed by atoms with van der Waals surface area (Å²) in [5.41, 5.74) is 0. The molecule has 0 aliphatic carbocycles. The number of imide groups is 1. The molecule has 0 saturated heterocycles. The number of esters is 1. The number of ether oxygens (including phenoxy) is 1. The molecule has 1 heterocycles. The first-order valence-corrected chi connectivity index (χ1v) is 7.56. The fourth-order valence-corrected chi connectivity index (χ4v) is 2.39. The summed E-state index contributed by atoms with van der Waals surface area (Å²) in [6.07, 6.45) is 1.11. The molecule has 2 rings (SSSR count). The first-order chi connectivity index (χ1) is 12.2. The summed E-state index contributed by atoms with van der Waals surface area (Å²) >= 11 is 0.0465. The minimum atomic E-state index is -2.41. The number of hydrogen-bond acceptors (Lipinski definition) is 6. The maximum absolute atomic E-state index is 13.5. The van der Waals surface area contributed by atoms with E-state index in [1.54, 1.807) is 0 Å². The molecule has 1 aromatic rings. The van der Waals surface area contributed by atoms with Crippen molar-refractivity contribution in [1.82, 2.24) is 4.90 Å². The molecular formula is C14H8F5NO5S. The molecule has 1 N–H and O–H groups in total. The number of carbonyl (C=O) groups excluding carboxylic acids is 3. The minimum absolute atomic E-state index is 0.0465. The van der Waals surface area contributed by atoms with Crippen molar-refractivity contribution < 1.29 is 45.6 Å². The van der Waals surface area contributed by atoms with Gasteiger partial charge in [-0.05, 0) is 12.0 Å². The van der Waals surface area contributed by atoms with Crippen molar-refractivity contribution in [1.29, 1.82) is 0 Å². The Labute approximate surface area is 146 Å². The highest BCUT2D eigenvalue weighted by Crippen LogP contribution is 2.29. The highest BCUT2D eigenvalue weighted by Gasteiger charge is 2.31. The Morgan fingerprint density at radius 1 is 1.00 bits per heavy atom. The van der Waals surface area contributed by atoms with Gasteiger partial charge < -0.3 is 9.29 Å². The van der Waals surface area contributed by atoms with Gasteiger partial charge in [0, 0.05) is 18.7 Å². The largest absolute Gasteiger partial charge is 0.420 e. The lowest BCUT2D eigenvalue weighted by Gasteiger charge is -2.19. The summed E-state index contributed by atoms with van der Waals surface area (Å²) < 4.78 is 79.2. The third kappa shape index (κ3) is 3.85. The van der Waals surface area contributed by atoms with Gasteiger partial charge in [0.15, 0.2) is 0 Å². The molecule has 12 heteroatoms. The van der Waals surface area contributed by atoms with Crippen molar-refractivity contribution in [3.63, 3.8) is 0 Å². The molecule has 0 spiro atoms. The van der Waals surface area contributed by atoms with E-state index in [1.165, 1.54) is 0 Å². The third-order valence-electron chi connectivity index (χ3n) is 3.22. The van der Waals surface area contributed by atoms with Crippen LogP contribution in [-0.2, 0) is 14.4 Å². The number of amides is 2. The lowest BCUT2D eigenvalue weighted by molar-refractivity contribution is -0.139. The van der Waals surface area contributed by atoms with Gasteiger partial charge >= 0.3 is 5.97 Å². The first-order valence-electron chi connectivity index (χ1n) is 6.73. The Bertz CT molecular complexity index is 768. The maximum atomic E-state index is 13.5. The summed E-state index contributed by atoms with van der Waals surface area (Å²) in [5.74, 6) is -16.3. The molecule has 26 heavy (non-hydrogen) atoms. The molecule has 6 nitrogen and oxygen atoms in total. The third-order valence-corrected chi connectivity index (χ3v) is 3.83. The second kappa shape index (κ2) is 7.83. The molecule has 1 atom stereocenters. The van der Waals surface area contributed by atoms with Crippen LogP contribution in [0.2, 0.25) is 0 Å². The van der Waals surface area contributed by atoms with Crippen molar-refractivity contribution in [2.45, 2.75) is 11.7 Å². The minimum Gasteiger partial charge on any atom is -0.420 e. The van der Waals surface area contributed by atoms with Gasteiger partial charge in [-0.25, -0.2) is 13.2 Å². The zero-order chi connectivity index (χ0) is 19.6. The molecule has 1 aliphatic rings. The van der Waals surface area contributed by atoms with E-state index in [1.807, 2.05) is 0 Å². The SMILES string of the molecule is O=C(CC(CN1C(=O)C=CC1=O)SO)Oc1c(F)c(F)c(F)c(F)c1F. The highest BCUT2D eigenvalue weighted by molar-refractivity contribution is 7.94. The lowest BCUT2D eigenvalue weighted by Crippen LogP contribution is -2.37. The molecule has 0 fully saturated rings. The number of benzene rings is 1. The van der Waals surface area contributed by atoms with Crippen LogP contribution in [0.4, 0.5) is 22.0 Å². The van der Waals surface area contributed by atoms with E-state index in [2.05, 4.69) is 4.74 Å². The van der Waals surface area contributed by atoms with Crippen LogP contribution < -0.4 is 4.74 Å². The molecule has 0 bridgehead atoms. The van der Waals surface area contributed by atoms with Crippen LogP contribution >= 0.6 is 12.0 Å². The number of halogens is 5. The van der Waals surface area contributed by atoms with Gasteiger partial charge in [0.1, 0.15) is 0 Å². The first kappa shape index (κ1) is 19.8. The predicted molar refractivity (Wildman–Crippen MR) is 76.4 cm³/mol. The molecule has 0 saturated carbocycles.